The Morgan fingerprint density at radius 3 is 2.93 bits per heavy atom. The lowest BCUT2D eigenvalue weighted by Crippen LogP contribution is -2.26. The number of nitrogens with zero attached hydrogens (tertiary/aromatic N) is 3. The van der Waals surface area contributed by atoms with Crippen molar-refractivity contribution in [2.24, 2.45) is 7.05 Å². The molecular weight excluding hydrogens is 180 g/mol. The molecule has 0 bridgehead atoms. The van der Waals surface area contributed by atoms with E-state index in [1.807, 2.05) is 11.6 Å². The highest BCUT2D eigenvalue weighted by Gasteiger charge is 1.99. The maximum absolute atomic E-state index is 5.42. The van der Waals surface area contributed by atoms with E-state index in [1.54, 1.807) is 6.33 Å². The Kier molecular flexibility index (Phi) is 4.55. The third-order valence-electron chi connectivity index (χ3n) is 1.84. The molecule has 1 heterocycles. The van der Waals surface area contributed by atoms with Crippen molar-refractivity contribution < 1.29 is 4.74 Å². The maximum Gasteiger partial charge on any atom is 0.158 e. The maximum atomic E-state index is 5.42. The Labute approximate surface area is 84.5 Å². The van der Waals surface area contributed by atoms with Crippen molar-refractivity contribution in [3.63, 3.8) is 0 Å². The van der Waals surface area contributed by atoms with Gasteiger partial charge in [-0.25, -0.2) is 0 Å². The van der Waals surface area contributed by atoms with Gasteiger partial charge in [-0.3, -0.25) is 0 Å². The normalized spacial score (nSPS) is 11.1. The molecule has 5 heteroatoms. The molecule has 0 aliphatic rings. The lowest BCUT2D eigenvalue weighted by Gasteiger charge is -2.07. The van der Waals surface area contributed by atoms with Gasteiger partial charge in [-0.1, -0.05) is 13.8 Å². The molecule has 0 spiro atoms. The van der Waals surface area contributed by atoms with Crippen molar-refractivity contribution in [1.29, 1.82) is 0 Å². The molecule has 0 aliphatic carbocycles. The van der Waals surface area contributed by atoms with Crippen molar-refractivity contribution in [3.05, 3.63) is 12.2 Å². The Morgan fingerprint density at radius 1 is 1.57 bits per heavy atom. The molecule has 0 aromatic carbocycles. The third-order valence-corrected chi connectivity index (χ3v) is 1.84. The van der Waals surface area contributed by atoms with Crippen molar-refractivity contribution in [2.75, 3.05) is 13.2 Å². The number of nitrogens with one attached hydrogen (secondary N) is 1. The monoisotopic (exact) mass is 198 g/mol. The van der Waals surface area contributed by atoms with Crippen molar-refractivity contribution in [2.45, 2.75) is 26.5 Å². The molecule has 1 N–H and O–H groups in total. The van der Waals surface area contributed by atoms with E-state index in [0.717, 1.165) is 12.4 Å². The standard InChI is InChI=1S/C9H18N4O/c1-8(2)10-4-5-14-6-9-12-11-7-13(9)3/h7-8,10H,4-6H2,1-3H3. The lowest BCUT2D eigenvalue weighted by atomic mass is 10.4. The van der Waals surface area contributed by atoms with Crippen molar-refractivity contribution in [3.8, 4) is 0 Å². The van der Waals surface area contributed by atoms with Gasteiger partial charge in [0.2, 0.25) is 0 Å². The number of aryl methyl sites for hydroxylation is 1. The van der Waals surface area contributed by atoms with Crippen LogP contribution in [-0.4, -0.2) is 34.0 Å². The molecule has 0 saturated heterocycles. The summed E-state index contributed by atoms with van der Waals surface area (Å²) in [4.78, 5) is 0. The van der Waals surface area contributed by atoms with E-state index in [9.17, 15) is 0 Å². The van der Waals surface area contributed by atoms with Crippen LogP contribution in [0.2, 0.25) is 0 Å². The van der Waals surface area contributed by atoms with Crippen LogP contribution in [0.1, 0.15) is 19.7 Å². The number of rotatable bonds is 6. The number of aromatic nitrogens is 3. The summed E-state index contributed by atoms with van der Waals surface area (Å²) in [5, 5.41) is 11.0. The van der Waals surface area contributed by atoms with E-state index in [2.05, 4.69) is 29.4 Å². The Morgan fingerprint density at radius 2 is 2.36 bits per heavy atom. The summed E-state index contributed by atoms with van der Waals surface area (Å²) in [5.41, 5.74) is 0. The molecule has 1 rings (SSSR count). The molecule has 0 fully saturated rings. The van der Waals surface area contributed by atoms with Gasteiger partial charge in [0.25, 0.3) is 0 Å². The van der Waals surface area contributed by atoms with Crippen LogP contribution in [0.4, 0.5) is 0 Å². The summed E-state index contributed by atoms with van der Waals surface area (Å²) < 4.78 is 7.28. The Hall–Kier alpha value is -0.940. The fraction of sp³-hybridized carbons (Fsp3) is 0.778. The zero-order valence-electron chi connectivity index (χ0n) is 9.03. The van der Waals surface area contributed by atoms with Gasteiger partial charge in [-0.2, -0.15) is 0 Å². The topological polar surface area (TPSA) is 52.0 Å². The smallest absolute Gasteiger partial charge is 0.158 e. The van der Waals surface area contributed by atoms with Gasteiger partial charge in [-0.05, 0) is 0 Å². The van der Waals surface area contributed by atoms with E-state index in [-0.39, 0.29) is 0 Å². The summed E-state index contributed by atoms with van der Waals surface area (Å²) in [5.74, 6) is 0.856. The number of hydrogen-bond acceptors (Lipinski definition) is 4. The molecule has 1 aromatic rings. The Bertz CT molecular complexity index is 259. The molecule has 0 atom stereocenters. The minimum Gasteiger partial charge on any atom is -0.372 e. The zero-order chi connectivity index (χ0) is 10.4. The first-order valence-corrected chi connectivity index (χ1v) is 4.84. The first-order valence-electron chi connectivity index (χ1n) is 4.84. The molecule has 0 aliphatic heterocycles. The molecule has 0 unspecified atom stereocenters. The minimum atomic E-state index is 0.508. The molecular formula is C9H18N4O. The van der Waals surface area contributed by atoms with Crippen LogP contribution in [0.3, 0.4) is 0 Å². The first-order chi connectivity index (χ1) is 6.70. The van der Waals surface area contributed by atoms with Gasteiger partial charge in [0.1, 0.15) is 12.9 Å². The van der Waals surface area contributed by atoms with Crippen molar-refractivity contribution in [1.82, 2.24) is 20.1 Å². The fourth-order valence-corrected chi connectivity index (χ4v) is 1.02. The summed E-state index contributed by atoms with van der Waals surface area (Å²) in [6.45, 7) is 6.32. The van der Waals surface area contributed by atoms with Crippen LogP contribution in [0.25, 0.3) is 0 Å². The summed E-state index contributed by atoms with van der Waals surface area (Å²) in [6, 6.07) is 0.508. The van der Waals surface area contributed by atoms with Crippen LogP contribution in [0.15, 0.2) is 6.33 Å². The summed E-state index contributed by atoms with van der Waals surface area (Å²) in [6.07, 6.45) is 1.67. The second-order valence-corrected chi connectivity index (χ2v) is 3.52. The molecule has 0 amide bonds. The average molecular weight is 198 g/mol. The fourth-order valence-electron chi connectivity index (χ4n) is 1.02. The molecule has 0 radical (unpaired) electrons. The average Bonchev–Trinajstić information content (AvgIpc) is 2.51. The van der Waals surface area contributed by atoms with Crippen molar-refractivity contribution >= 4 is 0 Å². The molecule has 0 saturated carbocycles. The number of ether oxygens (including phenoxy) is 1. The van der Waals surface area contributed by atoms with Crippen LogP contribution in [-0.2, 0) is 18.4 Å². The van der Waals surface area contributed by atoms with E-state index >= 15 is 0 Å². The third kappa shape index (κ3) is 3.85. The molecule has 14 heavy (non-hydrogen) atoms. The largest absolute Gasteiger partial charge is 0.372 e. The minimum absolute atomic E-state index is 0.508. The zero-order valence-corrected chi connectivity index (χ0v) is 9.03. The molecule has 1 aromatic heterocycles. The van der Waals surface area contributed by atoms with E-state index in [0.29, 0.717) is 19.3 Å². The van der Waals surface area contributed by atoms with Gasteiger partial charge < -0.3 is 14.6 Å². The van der Waals surface area contributed by atoms with Gasteiger partial charge in [0.15, 0.2) is 5.82 Å². The molecule has 80 valence electrons. The summed E-state index contributed by atoms with van der Waals surface area (Å²) >= 11 is 0. The van der Waals surface area contributed by atoms with Gasteiger partial charge in [-0.15, -0.1) is 10.2 Å². The summed E-state index contributed by atoms with van der Waals surface area (Å²) in [7, 11) is 1.91. The first kappa shape index (κ1) is 11.1. The van der Waals surface area contributed by atoms with Crippen LogP contribution in [0, 0.1) is 0 Å². The Balaban J connectivity index is 2.08. The predicted molar refractivity (Wildman–Crippen MR) is 53.8 cm³/mol. The van der Waals surface area contributed by atoms with Crippen LogP contribution >= 0.6 is 0 Å². The second-order valence-electron chi connectivity index (χ2n) is 3.52. The predicted octanol–water partition coefficient (Wildman–Crippen LogP) is 0.330. The number of hydrogen-bond donors (Lipinski definition) is 1. The quantitative estimate of drug-likeness (QED) is 0.669. The van der Waals surface area contributed by atoms with Gasteiger partial charge in [0, 0.05) is 19.6 Å². The highest BCUT2D eigenvalue weighted by Crippen LogP contribution is 1.93. The van der Waals surface area contributed by atoms with E-state index in [4.69, 9.17) is 4.74 Å². The van der Waals surface area contributed by atoms with E-state index in [1.165, 1.54) is 0 Å². The highest BCUT2D eigenvalue weighted by atomic mass is 16.5. The molecule has 5 nitrogen and oxygen atoms in total. The van der Waals surface area contributed by atoms with Crippen LogP contribution < -0.4 is 5.32 Å². The van der Waals surface area contributed by atoms with Gasteiger partial charge >= 0.3 is 0 Å². The van der Waals surface area contributed by atoms with E-state index < -0.39 is 0 Å². The second kappa shape index (κ2) is 5.72. The SMILES string of the molecule is CC(C)NCCOCc1nncn1C. The van der Waals surface area contributed by atoms with Gasteiger partial charge in [0.05, 0.1) is 6.61 Å². The lowest BCUT2D eigenvalue weighted by molar-refractivity contribution is 0.114. The van der Waals surface area contributed by atoms with Crippen LogP contribution in [0.5, 0.6) is 0 Å². The highest BCUT2D eigenvalue weighted by molar-refractivity contribution is 4.80.